The zero-order valence-electron chi connectivity index (χ0n) is 63.0. The number of carboxylic acid groups (broad SMARTS) is 1. The van der Waals surface area contributed by atoms with E-state index in [1.165, 1.54) is 48.6 Å². The SMILES string of the molecule is CC[C@H](C)[C@@H]1NC(=O)[C@H](Cc2cnc[nH]2)NC(=O)[C@H]([C@@H](C)CC)NC(=O)[C@H](CCCNC(N)N)NC(=O)[C@@H](N)CSSC[C@@H](C(=O)O)NC(=O)[C@H]([C@@H](C)O)NC(=O)[C@H](Cc2ccc(O)cc2)NC(=O)[C@H](Cc2ccccc2)NC(=O)[C@H](C)NC(=O)[C@H](CCCNC(N)N)NC(=O)CNC(=O)[C@@H]2CCCN2C(=O)CNC1=O. The number of aliphatic carboxylic acids is 1. The topological polar surface area (TPSA) is 630 Å². The maximum Gasteiger partial charge on any atom is 0.327 e. The van der Waals surface area contributed by atoms with Crippen molar-refractivity contribution in [2.45, 2.75) is 203 Å². The lowest BCUT2D eigenvalue weighted by Gasteiger charge is -2.30. The number of fused-ring (bicyclic) bond motifs is 1. The number of carboxylic acids is 1. The first-order valence-electron chi connectivity index (χ1n) is 36.8. The van der Waals surface area contributed by atoms with Crippen LogP contribution in [-0.2, 0) is 86.4 Å². The third-order valence-corrected chi connectivity index (χ3v) is 21.0. The predicted octanol–water partition coefficient (Wildman–Crippen LogP) is -6.34. The molecule has 28 N–H and O–H groups in total. The van der Waals surface area contributed by atoms with E-state index in [1.807, 2.05) is 0 Å². The van der Waals surface area contributed by atoms with Crippen molar-refractivity contribution in [1.82, 2.24) is 89.3 Å². The van der Waals surface area contributed by atoms with Crippen molar-refractivity contribution in [3.8, 4) is 5.75 Å². The number of benzene rings is 2. The number of phenolic OH excluding ortho intramolecular Hbond substituents is 1. The molecular weight excluding hydrogens is 1490 g/mol. The number of carbonyl (C=O) groups excluding carboxylic acids is 13. The van der Waals surface area contributed by atoms with Gasteiger partial charge in [0.1, 0.15) is 84.8 Å². The van der Waals surface area contributed by atoms with Crippen molar-refractivity contribution in [2.75, 3.05) is 44.2 Å². The van der Waals surface area contributed by atoms with Crippen LogP contribution < -0.4 is 103 Å². The maximum absolute atomic E-state index is 14.7. The van der Waals surface area contributed by atoms with E-state index in [0.717, 1.165) is 28.5 Å². The molecule has 15 atom stereocenters. The molecule has 39 nitrogen and oxygen atoms in total. The van der Waals surface area contributed by atoms with Crippen LogP contribution >= 0.6 is 21.6 Å². The molecule has 614 valence electrons. The minimum atomic E-state index is -1.88. The summed E-state index contributed by atoms with van der Waals surface area (Å²) in [4.78, 5) is 206. The average Bonchev–Trinajstić information content (AvgIpc) is 1.66. The molecule has 2 saturated heterocycles. The molecule has 2 fully saturated rings. The molecule has 2 aliphatic rings. The summed E-state index contributed by atoms with van der Waals surface area (Å²) in [7, 11) is 1.79. The van der Waals surface area contributed by atoms with Gasteiger partial charge in [0, 0.05) is 49.2 Å². The van der Waals surface area contributed by atoms with Gasteiger partial charge in [0.2, 0.25) is 76.8 Å². The van der Waals surface area contributed by atoms with Crippen LogP contribution in [0.4, 0.5) is 0 Å². The van der Waals surface area contributed by atoms with E-state index in [4.69, 9.17) is 28.7 Å². The molecule has 111 heavy (non-hydrogen) atoms. The molecule has 41 heteroatoms. The van der Waals surface area contributed by atoms with Crippen LogP contribution in [0.2, 0.25) is 0 Å². The van der Waals surface area contributed by atoms with Crippen molar-refractivity contribution in [3.05, 3.63) is 83.9 Å². The van der Waals surface area contributed by atoms with Crippen molar-refractivity contribution < 1.29 is 82.4 Å². The summed E-state index contributed by atoms with van der Waals surface area (Å²) in [5.41, 5.74) is 30.4. The van der Waals surface area contributed by atoms with E-state index >= 15 is 0 Å². The van der Waals surface area contributed by atoms with E-state index in [1.54, 1.807) is 58.0 Å². The van der Waals surface area contributed by atoms with E-state index < -0.39 is 205 Å². The summed E-state index contributed by atoms with van der Waals surface area (Å²) < 4.78 is 0. The Morgan fingerprint density at radius 3 is 1.61 bits per heavy atom. The normalized spacial score (nSPS) is 25.6. The van der Waals surface area contributed by atoms with Crippen LogP contribution in [0.25, 0.3) is 0 Å². The molecule has 2 aliphatic heterocycles. The Hall–Kier alpha value is -9.59. The summed E-state index contributed by atoms with van der Waals surface area (Å²) in [6, 6.07) is -3.67. The van der Waals surface area contributed by atoms with Gasteiger partial charge >= 0.3 is 5.97 Å². The largest absolute Gasteiger partial charge is 0.508 e. The first-order chi connectivity index (χ1) is 52.7. The zero-order chi connectivity index (χ0) is 82.0. The summed E-state index contributed by atoms with van der Waals surface area (Å²) in [5, 5.41) is 68.1. The minimum Gasteiger partial charge on any atom is -0.508 e. The van der Waals surface area contributed by atoms with Gasteiger partial charge in [-0.25, -0.2) is 9.78 Å². The number of hydrogen-bond donors (Lipinski definition) is 23. The van der Waals surface area contributed by atoms with Gasteiger partial charge in [-0.1, -0.05) is 105 Å². The highest BCUT2D eigenvalue weighted by atomic mass is 33.1. The molecule has 5 rings (SSSR count). The third-order valence-electron chi connectivity index (χ3n) is 18.6. The number of aromatic nitrogens is 2. The van der Waals surface area contributed by atoms with Crippen LogP contribution in [-0.4, -0.2) is 248 Å². The lowest BCUT2D eigenvalue weighted by atomic mass is 9.96. The molecule has 3 aromatic rings. The minimum absolute atomic E-state index is 0.0593. The highest BCUT2D eigenvalue weighted by Crippen LogP contribution is 2.24. The number of nitrogens with zero attached hydrogens (tertiary/aromatic N) is 2. The monoisotopic (exact) mass is 1590 g/mol. The fourth-order valence-corrected chi connectivity index (χ4v) is 14.0. The van der Waals surface area contributed by atoms with Crippen molar-refractivity contribution in [1.29, 1.82) is 0 Å². The number of rotatable bonds is 22. The van der Waals surface area contributed by atoms with Crippen molar-refractivity contribution in [2.24, 2.45) is 40.5 Å². The summed E-state index contributed by atoms with van der Waals surface area (Å²) >= 11 is 0. The van der Waals surface area contributed by atoms with E-state index in [0.29, 0.717) is 36.1 Å². The second-order valence-electron chi connectivity index (χ2n) is 27.4. The smallest absolute Gasteiger partial charge is 0.327 e. The Morgan fingerprint density at radius 1 is 0.568 bits per heavy atom. The molecule has 0 saturated carbocycles. The maximum atomic E-state index is 14.7. The number of nitrogens with two attached hydrogens (primary N) is 5. The number of phenols is 1. The molecule has 1 aromatic heterocycles. The number of aliphatic hydroxyl groups is 1. The van der Waals surface area contributed by atoms with Gasteiger partial charge < -0.3 is 118 Å². The number of hydrogen-bond acceptors (Lipinski definition) is 26. The Morgan fingerprint density at radius 2 is 1.05 bits per heavy atom. The van der Waals surface area contributed by atoms with Crippen molar-refractivity contribution >= 4 is 104 Å². The van der Waals surface area contributed by atoms with Gasteiger partial charge in [-0.05, 0) is 101 Å². The Labute approximate surface area is 650 Å². The molecule has 0 spiro atoms. The number of imidazole rings is 1. The number of aromatic amines is 1. The van der Waals surface area contributed by atoms with Crippen molar-refractivity contribution in [3.63, 3.8) is 0 Å². The first-order valence-corrected chi connectivity index (χ1v) is 39.3. The first kappa shape index (κ1) is 92.0. The fraction of sp³-hybridized carbons (Fsp3) is 0.586. The fourth-order valence-electron chi connectivity index (χ4n) is 11.7. The summed E-state index contributed by atoms with van der Waals surface area (Å²) in [5.74, 6) is -15.0. The van der Waals surface area contributed by atoms with Gasteiger partial charge in [0.15, 0.2) is 0 Å². The molecule has 0 bridgehead atoms. The van der Waals surface area contributed by atoms with E-state index in [9.17, 15) is 82.4 Å². The van der Waals surface area contributed by atoms with Crippen LogP contribution in [0.5, 0.6) is 5.75 Å². The number of aliphatic hydroxyl groups excluding tert-OH is 1. The summed E-state index contributed by atoms with van der Waals surface area (Å²) in [6.45, 7) is 8.35. The Kier molecular flexibility index (Phi) is 38.9. The quantitative estimate of drug-likeness (QED) is 0.0253. The van der Waals surface area contributed by atoms with Gasteiger partial charge in [-0.15, -0.1) is 0 Å². The highest BCUT2D eigenvalue weighted by Gasteiger charge is 2.40. The van der Waals surface area contributed by atoms with Gasteiger partial charge in [0.25, 0.3) is 0 Å². The van der Waals surface area contributed by atoms with Gasteiger partial charge in [-0.2, -0.15) is 0 Å². The molecule has 2 aromatic carbocycles. The second-order valence-corrected chi connectivity index (χ2v) is 30.0. The number of aromatic hydroxyl groups is 1. The Balaban J connectivity index is 1.50. The predicted molar refractivity (Wildman–Crippen MR) is 410 cm³/mol. The number of amides is 13. The third kappa shape index (κ3) is 31.2. The summed E-state index contributed by atoms with van der Waals surface area (Å²) in [6.07, 6.45) is -0.200. The number of carbonyl (C=O) groups is 14. The van der Waals surface area contributed by atoms with Crippen LogP contribution in [0, 0.1) is 11.8 Å². The lowest BCUT2D eigenvalue weighted by molar-refractivity contribution is -0.142. The van der Waals surface area contributed by atoms with Gasteiger partial charge in [-0.3, -0.25) is 73.0 Å². The highest BCUT2D eigenvalue weighted by molar-refractivity contribution is 8.76. The molecule has 0 unspecified atom stereocenters. The van der Waals surface area contributed by atoms with Crippen LogP contribution in [0.15, 0.2) is 67.1 Å². The number of nitrogens with one attached hydrogen (secondary N) is 15. The van der Waals surface area contributed by atoms with E-state index in [-0.39, 0.29) is 82.5 Å². The second kappa shape index (κ2) is 46.9. The average molecular weight is 1600 g/mol. The molecule has 3 heterocycles. The van der Waals surface area contributed by atoms with Gasteiger partial charge in [0.05, 0.1) is 31.6 Å². The molecule has 13 amide bonds. The lowest BCUT2D eigenvalue weighted by Crippen LogP contribution is -2.61. The zero-order valence-corrected chi connectivity index (χ0v) is 64.7. The van der Waals surface area contributed by atoms with Crippen LogP contribution in [0.3, 0.4) is 0 Å². The van der Waals surface area contributed by atoms with Crippen LogP contribution in [0.1, 0.15) is 110 Å². The Bertz CT molecular complexity index is 3590. The number of H-pyrrole nitrogens is 1. The molecule has 0 aliphatic carbocycles. The molecular formula is C70H110N22O17S2. The standard InChI is InChI=1S/C70H110N22O17S2/c1-7-36(3)54-65(105)80-32-53(96)92-26-14-19-51(92)64(104)79-31-52(95)83-45(17-12-24-77-69(72)73)59(99)82-38(5)57(97)85-47(27-40-15-10-9-11-16-40)61(101)86-48(28-41-20-22-43(94)23-21-41)62(102)91-56(39(6)93)67(107)88-50(68(108)109)34-111-110-33-44(71)58(98)84-46(18-13-25-78-70(74)75)60(100)90-55(37(4)8-2)66(106)87-49(63(103)89-54)29-42-30-76-35-81-42/h9-11,15-16,20-23,30,35-39,44-51,54-56,69-70,77-78,93-94H,7-8,12-14,17-19,24-29,31-34,71-75H2,1-6H3,(H,76,81)(H,79,104)(H,80,105)(H,82,99)(H,83,95)(H,84,98)(H,85,97)(H,86,101)(H,87,106)(H,88,107)(H,89,103)(H,90,100)(H,91,102)(H,108,109)/t36-,37-,38-,39+,44-,45-,46-,47-,48-,49-,50-,51-,54-,55-,56-/m0/s1. The van der Waals surface area contributed by atoms with E-state index in [2.05, 4.69) is 84.4 Å². The molecule has 0 radical (unpaired) electrons.